The lowest BCUT2D eigenvalue weighted by Gasteiger charge is -2.17. The fourth-order valence-electron chi connectivity index (χ4n) is 3.31. The number of thiophene rings is 1. The highest BCUT2D eigenvalue weighted by Crippen LogP contribution is 2.38. The van der Waals surface area contributed by atoms with Crippen molar-refractivity contribution in [3.05, 3.63) is 51.9 Å². The van der Waals surface area contributed by atoms with Crippen molar-refractivity contribution in [3.63, 3.8) is 0 Å². The van der Waals surface area contributed by atoms with Crippen LogP contribution in [0.5, 0.6) is 0 Å². The summed E-state index contributed by atoms with van der Waals surface area (Å²) in [7, 11) is 1.43. The molecule has 0 saturated heterocycles. The highest BCUT2D eigenvalue weighted by Gasteiger charge is 2.25. The summed E-state index contributed by atoms with van der Waals surface area (Å²) in [6.45, 7) is 2.06. The lowest BCUT2D eigenvalue weighted by Crippen LogP contribution is -2.31. The van der Waals surface area contributed by atoms with E-state index < -0.39 is 0 Å². The standard InChI is InChI=1S/C20H24N2O2S2/c1-13(14-9-5-3-6-10-14)21-20(25)22-18-17(19(23)24-2)15-11-7-4-8-12-16(15)26-18/h3,5-6,9-10,13H,4,7-8,11-12H2,1-2H3,(H2,21,22,25). The summed E-state index contributed by atoms with van der Waals surface area (Å²) in [5.41, 5.74) is 2.96. The number of benzene rings is 1. The molecule has 0 fully saturated rings. The summed E-state index contributed by atoms with van der Waals surface area (Å²) in [4.78, 5) is 13.7. The number of hydrogen-bond acceptors (Lipinski definition) is 4. The van der Waals surface area contributed by atoms with Crippen LogP contribution in [0.1, 0.15) is 58.6 Å². The van der Waals surface area contributed by atoms with Crippen molar-refractivity contribution in [1.29, 1.82) is 0 Å². The minimum Gasteiger partial charge on any atom is -0.465 e. The molecule has 1 aliphatic rings. The molecule has 1 atom stereocenters. The number of ether oxygens (including phenoxy) is 1. The van der Waals surface area contributed by atoms with Crippen molar-refractivity contribution in [1.82, 2.24) is 5.32 Å². The first-order chi connectivity index (χ1) is 12.6. The Morgan fingerprint density at radius 3 is 2.65 bits per heavy atom. The second kappa shape index (κ2) is 8.64. The van der Waals surface area contributed by atoms with Gasteiger partial charge in [0.2, 0.25) is 0 Å². The largest absolute Gasteiger partial charge is 0.465 e. The van der Waals surface area contributed by atoms with Crippen molar-refractivity contribution >= 4 is 39.6 Å². The number of hydrogen-bond donors (Lipinski definition) is 2. The third-order valence-corrected chi connectivity index (χ3v) is 6.11. The van der Waals surface area contributed by atoms with Gasteiger partial charge in [-0.15, -0.1) is 11.3 Å². The third kappa shape index (κ3) is 4.24. The molecular weight excluding hydrogens is 364 g/mol. The van der Waals surface area contributed by atoms with Crippen LogP contribution in [0.15, 0.2) is 30.3 Å². The lowest BCUT2D eigenvalue weighted by molar-refractivity contribution is 0.0601. The molecule has 4 nitrogen and oxygen atoms in total. The zero-order chi connectivity index (χ0) is 18.5. The Morgan fingerprint density at radius 2 is 1.92 bits per heavy atom. The van der Waals surface area contributed by atoms with Crippen molar-refractivity contribution < 1.29 is 9.53 Å². The second-order valence-electron chi connectivity index (χ2n) is 6.49. The van der Waals surface area contributed by atoms with Gasteiger partial charge in [0.15, 0.2) is 5.11 Å². The van der Waals surface area contributed by atoms with Crippen LogP contribution >= 0.6 is 23.6 Å². The molecule has 1 unspecified atom stereocenters. The number of methoxy groups -OCH3 is 1. The molecule has 0 aliphatic heterocycles. The first-order valence-electron chi connectivity index (χ1n) is 8.95. The average molecular weight is 389 g/mol. The number of thiocarbonyl (C=S) groups is 1. The van der Waals surface area contributed by atoms with Crippen LogP contribution in [0.3, 0.4) is 0 Å². The fraction of sp³-hybridized carbons (Fsp3) is 0.400. The predicted molar refractivity (Wildman–Crippen MR) is 111 cm³/mol. The van der Waals surface area contributed by atoms with Gasteiger partial charge in [-0.3, -0.25) is 0 Å². The fourth-order valence-corrected chi connectivity index (χ4v) is 4.93. The molecule has 6 heteroatoms. The summed E-state index contributed by atoms with van der Waals surface area (Å²) >= 11 is 7.13. The van der Waals surface area contributed by atoms with E-state index in [1.165, 1.54) is 24.8 Å². The van der Waals surface area contributed by atoms with Gasteiger partial charge in [0.1, 0.15) is 5.00 Å². The molecule has 138 valence electrons. The Morgan fingerprint density at radius 1 is 1.19 bits per heavy atom. The van der Waals surface area contributed by atoms with Gasteiger partial charge >= 0.3 is 5.97 Å². The highest BCUT2D eigenvalue weighted by atomic mass is 32.1. The number of carbonyl (C=O) groups excluding carboxylic acids is 1. The number of carbonyl (C=O) groups is 1. The number of esters is 1. The van der Waals surface area contributed by atoms with Crippen LogP contribution in [0.25, 0.3) is 0 Å². The molecule has 2 N–H and O–H groups in total. The maximum atomic E-state index is 12.4. The number of anilines is 1. The van der Waals surface area contributed by atoms with Crippen LogP contribution in [0.2, 0.25) is 0 Å². The molecule has 0 amide bonds. The molecular formula is C20H24N2O2S2. The highest BCUT2D eigenvalue weighted by molar-refractivity contribution is 7.80. The monoisotopic (exact) mass is 388 g/mol. The summed E-state index contributed by atoms with van der Waals surface area (Å²) in [5, 5.41) is 7.85. The zero-order valence-corrected chi connectivity index (χ0v) is 16.8. The Hall–Kier alpha value is -1.92. The van der Waals surface area contributed by atoms with E-state index >= 15 is 0 Å². The van der Waals surface area contributed by atoms with E-state index in [0.717, 1.165) is 35.4 Å². The normalized spacial score (nSPS) is 14.7. The number of aryl methyl sites for hydroxylation is 1. The summed E-state index contributed by atoms with van der Waals surface area (Å²) in [6.07, 6.45) is 5.44. The Bertz CT molecular complexity index is 787. The zero-order valence-electron chi connectivity index (χ0n) is 15.1. The van der Waals surface area contributed by atoms with Crippen LogP contribution in [0.4, 0.5) is 5.00 Å². The van der Waals surface area contributed by atoms with Gasteiger partial charge in [-0.1, -0.05) is 36.8 Å². The Kier molecular flexibility index (Phi) is 6.27. The summed E-state index contributed by atoms with van der Waals surface area (Å²) in [5.74, 6) is -0.286. The van der Waals surface area contributed by atoms with Gasteiger partial charge in [-0.25, -0.2) is 4.79 Å². The van der Waals surface area contributed by atoms with Crippen molar-refractivity contribution in [3.8, 4) is 0 Å². The number of rotatable bonds is 4. The van der Waals surface area contributed by atoms with Gasteiger partial charge < -0.3 is 15.4 Å². The molecule has 3 rings (SSSR count). The van der Waals surface area contributed by atoms with Crippen LogP contribution in [-0.4, -0.2) is 18.2 Å². The molecule has 0 radical (unpaired) electrons. The van der Waals surface area contributed by atoms with Gasteiger partial charge in [0.05, 0.1) is 18.7 Å². The van der Waals surface area contributed by atoms with Crippen LogP contribution in [-0.2, 0) is 17.6 Å². The topological polar surface area (TPSA) is 50.4 Å². The smallest absolute Gasteiger partial charge is 0.341 e. The average Bonchev–Trinajstić information content (AvgIpc) is 2.82. The van der Waals surface area contributed by atoms with Crippen molar-refractivity contribution in [2.45, 2.75) is 45.1 Å². The summed E-state index contributed by atoms with van der Waals surface area (Å²) in [6, 6.07) is 10.2. The van der Waals surface area contributed by atoms with Crippen molar-refractivity contribution in [2.75, 3.05) is 12.4 Å². The van der Waals surface area contributed by atoms with Crippen LogP contribution in [0, 0.1) is 0 Å². The first kappa shape index (κ1) is 18.9. The Balaban J connectivity index is 1.78. The van der Waals surface area contributed by atoms with E-state index in [-0.39, 0.29) is 12.0 Å². The Labute approximate surface area is 164 Å². The summed E-state index contributed by atoms with van der Waals surface area (Å²) < 4.78 is 5.04. The quantitative estimate of drug-likeness (QED) is 0.445. The molecule has 0 saturated carbocycles. The van der Waals surface area contributed by atoms with E-state index in [1.54, 1.807) is 11.3 Å². The van der Waals surface area contributed by atoms with Gasteiger partial charge in [-0.2, -0.15) is 0 Å². The molecule has 1 aliphatic carbocycles. The molecule has 0 bridgehead atoms. The molecule has 26 heavy (non-hydrogen) atoms. The lowest BCUT2D eigenvalue weighted by atomic mass is 10.1. The van der Waals surface area contributed by atoms with Crippen molar-refractivity contribution in [2.24, 2.45) is 0 Å². The van der Waals surface area contributed by atoms with Gasteiger partial charge in [-0.05, 0) is 56.0 Å². The van der Waals surface area contributed by atoms with E-state index in [4.69, 9.17) is 17.0 Å². The maximum Gasteiger partial charge on any atom is 0.341 e. The maximum absolute atomic E-state index is 12.4. The van der Waals surface area contributed by atoms with E-state index in [2.05, 4.69) is 29.7 Å². The molecule has 1 aromatic carbocycles. The van der Waals surface area contributed by atoms with E-state index in [1.807, 2.05) is 18.2 Å². The first-order valence-corrected chi connectivity index (χ1v) is 10.2. The number of fused-ring (bicyclic) bond motifs is 1. The number of nitrogens with one attached hydrogen (secondary N) is 2. The van der Waals surface area contributed by atoms with Gasteiger partial charge in [0.25, 0.3) is 0 Å². The molecule has 1 aromatic heterocycles. The third-order valence-electron chi connectivity index (χ3n) is 4.69. The molecule has 2 aromatic rings. The minimum atomic E-state index is -0.286. The SMILES string of the molecule is COC(=O)c1c(NC(=S)NC(C)c2ccccc2)sc2c1CCCCC2. The van der Waals surface area contributed by atoms with Gasteiger partial charge in [0, 0.05) is 4.88 Å². The second-order valence-corrected chi connectivity index (χ2v) is 8.00. The molecule has 1 heterocycles. The van der Waals surface area contributed by atoms with Crippen LogP contribution < -0.4 is 10.6 Å². The van der Waals surface area contributed by atoms with E-state index in [9.17, 15) is 4.79 Å². The van der Waals surface area contributed by atoms with E-state index in [0.29, 0.717) is 10.7 Å². The molecule has 0 spiro atoms. The predicted octanol–water partition coefficient (Wildman–Crippen LogP) is 4.85. The minimum absolute atomic E-state index is 0.0792.